The molecule has 2 nitrogen and oxygen atoms in total. The molecule has 1 unspecified atom stereocenters. The molecule has 14 heavy (non-hydrogen) atoms. The molecule has 74 valence electrons. The Labute approximate surface area is 87.7 Å². The summed E-state index contributed by atoms with van der Waals surface area (Å²) in [5.41, 5.74) is 1.95. The van der Waals surface area contributed by atoms with E-state index in [0.717, 1.165) is 21.6 Å². The van der Waals surface area contributed by atoms with Gasteiger partial charge in [-0.25, -0.2) is 0 Å². The number of hydrogen-bond acceptors (Lipinski definition) is 1. The monoisotopic (exact) mass is 209 g/mol. The van der Waals surface area contributed by atoms with Crippen LogP contribution in [0.25, 0.3) is 10.9 Å². The van der Waals surface area contributed by atoms with Crippen molar-refractivity contribution in [3.05, 3.63) is 35.0 Å². The van der Waals surface area contributed by atoms with Gasteiger partial charge in [0.1, 0.15) is 0 Å². The molecule has 0 saturated heterocycles. The van der Waals surface area contributed by atoms with Gasteiger partial charge in [-0.15, -0.1) is 0 Å². The van der Waals surface area contributed by atoms with Gasteiger partial charge in [-0.3, -0.25) is 0 Å². The molecule has 0 amide bonds. The predicted molar refractivity (Wildman–Crippen MR) is 58.6 cm³/mol. The van der Waals surface area contributed by atoms with Crippen molar-refractivity contribution >= 4 is 22.5 Å². The lowest BCUT2D eigenvalue weighted by molar-refractivity contribution is 0.191. The highest BCUT2D eigenvalue weighted by molar-refractivity contribution is 6.31. The van der Waals surface area contributed by atoms with Crippen LogP contribution >= 0.6 is 11.6 Å². The van der Waals surface area contributed by atoms with Gasteiger partial charge in [-0.05, 0) is 25.1 Å². The summed E-state index contributed by atoms with van der Waals surface area (Å²) in [7, 11) is 1.93. The Bertz CT molecular complexity index is 473. The second-order valence-corrected chi connectivity index (χ2v) is 3.94. The average molecular weight is 210 g/mol. The van der Waals surface area contributed by atoms with Crippen LogP contribution < -0.4 is 0 Å². The molecule has 1 aromatic heterocycles. The minimum atomic E-state index is -0.453. The maximum absolute atomic E-state index is 9.52. The molecule has 1 atom stereocenters. The molecule has 0 aliphatic rings. The lowest BCUT2D eigenvalue weighted by Crippen LogP contribution is -1.99. The minimum Gasteiger partial charge on any atom is -0.387 e. The SMILES string of the molecule is CC(O)c1cc2ccc(Cl)cc2n1C. The van der Waals surface area contributed by atoms with Crippen LogP contribution in [0.5, 0.6) is 0 Å². The molecule has 0 spiro atoms. The molecule has 1 N–H and O–H groups in total. The van der Waals surface area contributed by atoms with Crippen LogP contribution in [0.3, 0.4) is 0 Å². The van der Waals surface area contributed by atoms with Gasteiger partial charge in [0.05, 0.1) is 6.10 Å². The summed E-state index contributed by atoms with van der Waals surface area (Å²) in [4.78, 5) is 0. The number of rotatable bonds is 1. The molecule has 1 heterocycles. The van der Waals surface area contributed by atoms with E-state index in [1.165, 1.54) is 0 Å². The van der Waals surface area contributed by atoms with Crippen LogP contribution in [0, 0.1) is 0 Å². The van der Waals surface area contributed by atoms with Gasteiger partial charge in [-0.1, -0.05) is 17.7 Å². The third-order valence-electron chi connectivity index (χ3n) is 2.47. The molecule has 0 radical (unpaired) electrons. The van der Waals surface area contributed by atoms with Crippen molar-refractivity contribution in [1.82, 2.24) is 4.57 Å². The van der Waals surface area contributed by atoms with E-state index in [-0.39, 0.29) is 0 Å². The third kappa shape index (κ3) is 1.41. The number of halogens is 1. The maximum atomic E-state index is 9.52. The minimum absolute atomic E-state index is 0.453. The maximum Gasteiger partial charge on any atom is 0.0912 e. The summed E-state index contributed by atoms with van der Waals surface area (Å²) in [5, 5.41) is 11.3. The average Bonchev–Trinajstić information content (AvgIpc) is 2.44. The zero-order valence-electron chi connectivity index (χ0n) is 8.16. The lowest BCUT2D eigenvalue weighted by atomic mass is 10.2. The number of aliphatic hydroxyl groups is 1. The molecule has 2 rings (SSSR count). The fraction of sp³-hybridized carbons (Fsp3) is 0.273. The van der Waals surface area contributed by atoms with Crippen molar-refractivity contribution in [2.45, 2.75) is 13.0 Å². The highest BCUT2D eigenvalue weighted by Crippen LogP contribution is 2.25. The standard InChI is InChI=1S/C11H12ClNO/c1-7(14)10-5-8-3-4-9(12)6-11(8)13(10)2/h3-7,14H,1-2H3. The van der Waals surface area contributed by atoms with E-state index in [2.05, 4.69) is 0 Å². The first-order valence-corrected chi connectivity index (χ1v) is 4.90. The smallest absolute Gasteiger partial charge is 0.0912 e. The van der Waals surface area contributed by atoms with Crippen molar-refractivity contribution in [3.8, 4) is 0 Å². The molecule has 0 aliphatic carbocycles. The quantitative estimate of drug-likeness (QED) is 0.768. The Morgan fingerprint density at radius 3 is 2.71 bits per heavy atom. The van der Waals surface area contributed by atoms with Gasteiger partial charge in [0.25, 0.3) is 0 Å². The summed E-state index contributed by atoms with van der Waals surface area (Å²) in [6.45, 7) is 1.76. The van der Waals surface area contributed by atoms with Gasteiger partial charge in [0, 0.05) is 28.7 Å². The first-order valence-electron chi connectivity index (χ1n) is 4.52. The zero-order chi connectivity index (χ0) is 10.3. The zero-order valence-corrected chi connectivity index (χ0v) is 8.92. The van der Waals surface area contributed by atoms with Gasteiger partial charge >= 0.3 is 0 Å². The van der Waals surface area contributed by atoms with Crippen LogP contribution in [-0.4, -0.2) is 9.67 Å². The van der Waals surface area contributed by atoms with Crippen LogP contribution in [0.15, 0.2) is 24.3 Å². The Kier molecular flexibility index (Phi) is 2.25. The number of aromatic nitrogens is 1. The summed E-state index contributed by atoms with van der Waals surface area (Å²) in [5.74, 6) is 0. The van der Waals surface area contributed by atoms with Gasteiger partial charge in [0.15, 0.2) is 0 Å². The summed E-state index contributed by atoms with van der Waals surface area (Å²) < 4.78 is 1.96. The highest BCUT2D eigenvalue weighted by atomic mass is 35.5. The topological polar surface area (TPSA) is 25.2 Å². The molecule has 0 bridgehead atoms. The van der Waals surface area contributed by atoms with Crippen molar-refractivity contribution in [2.75, 3.05) is 0 Å². The molecule has 2 aromatic rings. The normalized spacial score (nSPS) is 13.4. The summed E-state index contributed by atoms with van der Waals surface area (Å²) in [6.07, 6.45) is -0.453. The highest BCUT2D eigenvalue weighted by Gasteiger charge is 2.09. The van der Waals surface area contributed by atoms with Gasteiger partial charge in [-0.2, -0.15) is 0 Å². The number of nitrogens with zero attached hydrogens (tertiary/aromatic N) is 1. The number of aryl methyl sites for hydroxylation is 1. The first-order chi connectivity index (χ1) is 6.59. The van der Waals surface area contributed by atoms with Crippen molar-refractivity contribution in [2.24, 2.45) is 7.05 Å². The fourth-order valence-electron chi connectivity index (χ4n) is 1.73. The Morgan fingerprint density at radius 2 is 2.07 bits per heavy atom. The second-order valence-electron chi connectivity index (χ2n) is 3.51. The molecular formula is C11H12ClNO. The predicted octanol–water partition coefficient (Wildman–Crippen LogP) is 2.89. The fourth-order valence-corrected chi connectivity index (χ4v) is 1.89. The van der Waals surface area contributed by atoms with Crippen LogP contribution in [0.2, 0.25) is 5.02 Å². The van der Waals surface area contributed by atoms with E-state index >= 15 is 0 Å². The largest absolute Gasteiger partial charge is 0.387 e. The van der Waals surface area contributed by atoms with Gasteiger partial charge < -0.3 is 9.67 Å². The molecule has 1 aromatic carbocycles. The lowest BCUT2D eigenvalue weighted by Gasteiger charge is -2.05. The molecule has 3 heteroatoms. The Balaban J connectivity index is 2.74. The molecule has 0 aliphatic heterocycles. The number of aliphatic hydroxyl groups excluding tert-OH is 1. The van der Waals surface area contributed by atoms with Crippen molar-refractivity contribution < 1.29 is 5.11 Å². The molecule has 0 saturated carbocycles. The van der Waals surface area contributed by atoms with Crippen molar-refractivity contribution in [1.29, 1.82) is 0 Å². The molecule has 0 fully saturated rings. The Morgan fingerprint density at radius 1 is 1.36 bits per heavy atom. The Hall–Kier alpha value is -0.990. The summed E-state index contributed by atoms with van der Waals surface area (Å²) in [6, 6.07) is 7.71. The number of benzene rings is 1. The van der Waals surface area contributed by atoms with Crippen LogP contribution in [-0.2, 0) is 7.05 Å². The van der Waals surface area contributed by atoms with Crippen LogP contribution in [0.4, 0.5) is 0 Å². The van der Waals surface area contributed by atoms with E-state index in [1.54, 1.807) is 6.92 Å². The van der Waals surface area contributed by atoms with E-state index < -0.39 is 6.10 Å². The number of hydrogen-bond donors (Lipinski definition) is 1. The number of fused-ring (bicyclic) bond motifs is 1. The third-order valence-corrected chi connectivity index (χ3v) is 2.71. The second kappa shape index (κ2) is 3.30. The molecular weight excluding hydrogens is 198 g/mol. The van der Waals surface area contributed by atoms with E-state index in [1.807, 2.05) is 35.9 Å². The van der Waals surface area contributed by atoms with E-state index in [4.69, 9.17) is 11.6 Å². The first kappa shape index (κ1) is 9.56. The van der Waals surface area contributed by atoms with E-state index in [0.29, 0.717) is 0 Å². The van der Waals surface area contributed by atoms with Crippen LogP contribution in [0.1, 0.15) is 18.7 Å². The van der Waals surface area contributed by atoms with E-state index in [9.17, 15) is 5.11 Å². The van der Waals surface area contributed by atoms with Crippen molar-refractivity contribution in [3.63, 3.8) is 0 Å². The van der Waals surface area contributed by atoms with Gasteiger partial charge in [0.2, 0.25) is 0 Å². The summed E-state index contributed by atoms with van der Waals surface area (Å²) >= 11 is 5.90.